The Hall–Kier alpha value is -2.65. The van der Waals surface area contributed by atoms with Crippen LogP contribution in [0.25, 0.3) is 0 Å². The number of carboxylic acid groups (broad SMARTS) is 1. The molecule has 0 radical (unpaired) electrons. The third kappa shape index (κ3) is 4.75. The maximum Gasteiger partial charge on any atom is 0.322 e. The van der Waals surface area contributed by atoms with Crippen LogP contribution in [0.1, 0.15) is 11.6 Å². The third-order valence-corrected chi connectivity index (χ3v) is 4.54. The predicted molar refractivity (Wildman–Crippen MR) is 96.5 cm³/mol. The number of aromatic nitrogens is 3. The lowest BCUT2D eigenvalue weighted by Gasteiger charge is -2.32. The Morgan fingerprint density at radius 2 is 2.07 bits per heavy atom. The number of amides is 1. The summed E-state index contributed by atoms with van der Waals surface area (Å²) in [6.07, 6.45) is 0. The molecule has 1 aliphatic heterocycles. The van der Waals surface area contributed by atoms with Crippen LogP contribution in [0.5, 0.6) is 5.75 Å². The van der Waals surface area contributed by atoms with Crippen molar-refractivity contribution >= 4 is 23.5 Å². The molecule has 9 nitrogen and oxygen atoms in total. The monoisotopic (exact) mass is 393 g/mol. The summed E-state index contributed by atoms with van der Waals surface area (Å²) in [5, 5.41) is 20.8. The molecule has 0 spiro atoms. The van der Waals surface area contributed by atoms with Crippen molar-refractivity contribution in [2.24, 2.45) is 0 Å². The molecule has 144 valence electrons. The van der Waals surface area contributed by atoms with Gasteiger partial charge in [-0.1, -0.05) is 11.6 Å². The molecule has 27 heavy (non-hydrogen) atoms. The topological polar surface area (TPSA) is 110 Å². The highest BCUT2D eigenvalue weighted by Gasteiger charge is 2.34. The first kappa shape index (κ1) is 19.1. The second-order valence-corrected chi connectivity index (χ2v) is 6.62. The van der Waals surface area contributed by atoms with E-state index in [1.165, 1.54) is 0 Å². The maximum atomic E-state index is 12.2. The highest BCUT2D eigenvalue weighted by atomic mass is 35.5. The maximum absolute atomic E-state index is 12.2. The molecule has 0 bridgehead atoms. The van der Waals surface area contributed by atoms with Crippen LogP contribution < -0.4 is 10.1 Å². The zero-order valence-electron chi connectivity index (χ0n) is 14.8. The molecular formula is C17H20ClN5O4. The van der Waals surface area contributed by atoms with Crippen LogP contribution in [-0.2, 0) is 22.7 Å². The Balaban J connectivity index is 1.49. The van der Waals surface area contributed by atoms with Gasteiger partial charge in [0.05, 0.1) is 26.2 Å². The van der Waals surface area contributed by atoms with Crippen LogP contribution in [0.4, 0.5) is 0 Å². The summed E-state index contributed by atoms with van der Waals surface area (Å²) in [5.41, 5.74) is 0. The molecule has 1 aliphatic rings. The van der Waals surface area contributed by atoms with Crippen LogP contribution in [-0.4, -0.2) is 62.4 Å². The van der Waals surface area contributed by atoms with Crippen LogP contribution in [0.15, 0.2) is 24.3 Å². The van der Waals surface area contributed by atoms with Crippen LogP contribution in [0, 0.1) is 6.92 Å². The van der Waals surface area contributed by atoms with Gasteiger partial charge in [-0.05, 0) is 31.2 Å². The van der Waals surface area contributed by atoms with Gasteiger partial charge < -0.3 is 19.7 Å². The molecule has 2 aromatic rings. The minimum Gasteiger partial charge on any atom is -0.492 e. The molecular weight excluding hydrogens is 374 g/mol. The summed E-state index contributed by atoms with van der Waals surface area (Å²) in [5.74, 6) is 0.729. The number of carbonyl (C=O) groups excluding carboxylic acids is 1. The number of carbonyl (C=O) groups is 2. The van der Waals surface area contributed by atoms with Crippen molar-refractivity contribution in [3.8, 4) is 5.75 Å². The van der Waals surface area contributed by atoms with Gasteiger partial charge in [0.15, 0.2) is 0 Å². The Kier molecular flexibility index (Phi) is 5.92. The SMILES string of the molecule is Cc1nnc2n1CC(C(=O)O)N(CC(=O)NCCOc1ccc(Cl)cc1)C2. The number of nitrogens with zero attached hydrogens (tertiary/aromatic N) is 4. The van der Waals surface area contributed by atoms with Gasteiger partial charge >= 0.3 is 5.97 Å². The van der Waals surface area contributed by atoms with E-state index < -0.39 is 12.0 Å². The van der Waals surface area contributed by atoms with Gasteiger partial charge in [0.1, 0.15) is 30.0 Å². The van der Waals surface area contributed by atoms with Crippen molar-refractivity contribution in [3.63, 3.8) is 0 Å². The molecule has 10 heteroatoms. The summed E-state index contributed by atoms with van der Waals surface area (Å²) in [4.78, 5) is 25.3. The highest BCUT2D eigenvalue weighted by Crippen LogP contribution is 2.18. The summed E-state index contributed by atoms with van der Waals surface area (Å²) >= 11 is 5.81. The van der Waals surface area contributed by atoms with E-state index in [9.17, 15) is 14.7 Å². The van der Waals surface area contributed by atoms with Gasteiger partial charge in [0.25, 0.3) is 0 Å². The Bertz CT molecular complexity index is 823. The first-order valence-electron chi connectivity index (χ1n) is 8.44. The number of fused-ring (bicyclic) bond motifs is 1. The second kappa shape index (κ2) is 8.36. The number of hydrogen-bond donors (Lipinski definition) is 2. The van der Waals surface area contributed by atoms with E-state index in [-0.39, 0.29) is 25.5 Å². The van der Waals surface area contributed by atoms with Gasteiger partial charge in [-0.3, -0.25) is 14.5 Å². The molecule has 0 saturated carbocycles. The molecule has 0 saturated heterocycles. The molecule has 2 heterocycles. The lowest BCUT2D eigenvalue weighted by atomic mass is 10.2. The fourth-order valence-electron chi connectivity index (χ4n) is 2.89. The van der Waals surface area contributed by atoms with E-state index >= 15 is 0 Å². The van der Waals surface area contributed by atoms with Crippen molar-refractivity contribution in [3.05, 3.63) is 40.9 Å². The van der Waals surface area contributed by atoms with Gasteiger partial charge in [0.2, 0.25) is 5.91 Å². The molecule has 3 rings (SSSR count). The number of aryl methyl sites for hydroxylation is 1. The lowest BCUT2D eigenvalue weighted by molar-refractivity contribution is -0.145. The minimum absolute atomic E-state index is 0.0379. The van der Waals surface area contributed by atoms with Crippen molar-refractivity contribution in [1.82, 2.24) is 25.0 Å². The van der Waals surface area contributed by atoms with Crippen molar-refractivity contribution in [2.45, 2.75) is 26.1 Å². The molecule has 0 aliphatic carbocycles. The average molecular weight is 394 g/mol. The summed E-state index contributed by atoms with van der Waals surface area (Å²) in [7, 11) is 0. The Morgan fingerprint density at radius 3 is 2.78 bits per heavy atom. The molecule has 1 unspecified atom stereocenters. The predicted octanol–water partition coefficient (Wildman–Crippen LogP) is 0.704. The second-order valence-electron chi connectivity index (χ2n) is 6.19. The van der Waals surface area contributed by atoms with E-state index in [4.69, 9.17) is 16.3 Å². The zero-order valence-corrected chi connectivity index (χ0v) is 15.5. The van der Waals surface area contributed by atoms with Crippen molar-refractivity contribution in [1.29, 1.82) is 0 Å². The van der Waals surface area contributed by atoms with Gasteiger partial charge in [-0.2, -0.15) is 0 Å². The highest BCUT2D eigenvalue weighted by molar-refractivity contribution is 6.30. The van der Waals surface area contributed by atoms with Gasteiger partial charge in [-0.25, -0.2) is 0 Å². The van der Waals surface area contributed by atoms with Crippen molar-refractivity contribution < 1.29 is 19.4 Å². The number of nitrogens with one attached hydrogen (secondary N) is 1. The van der Waals surface area contributed by atoms with E-state index in [0.29, 0.717) is 35.6 Å². The lowest BCUT2D eigenvalue weighted by Crippen LogP contribution is -2.51. The van der Waals surface area contributed by atoms with Crippen molar-refractivity contribution in [2.75, 3.05) is 19.7 Å². The normalized spacial score (nSPS) is 16.6. The number of halogens is 1. The third-order valence-electron chi connectivity index (χ3n) is 4.29. The quantitative estimate of drug-likeness (QED) is 0.666. The zero-order chi connectivity index (χ0) is 19.4. The first-order chi connectivity index (χ1) is 12.9. The van der Waals surface area contributed by atoms with E-state index in [0.717, 1.165) is 0 Å². The standard InChI is InChI=1S/C17H20ClN5O4/c1-11-20-21-15-9-22(14(17(25)26)8-23(11)15)10-16(24)19-6-7-27-13-4-2-12(18)3-5-13/h2-5,14H,6-10H2,1H3,(H,19,24)(H,25,26). The number of carboxylic acids is 1. The molecule has 1 amide bonds. The molecule has 2 N–H and O–H groups in total. The number of rotatable bonds is 7. The number of ether oxygens (including phenoxy) is 1. The molecule has 1 atom stereocenters. The molecule has 1 aromatic carbocycles. The largest absolute Gasteiger partial charge is 0.492 e. The molecule has 0 fully saturated rings. The molecule has 1 aromatic heterocycles. The summed E-state index contributed by atoms with van der Waals surface area (Å²) < 4.78 is 7.28. The Morgan fingerprint density at radius 1 is 1.33 bits per heavy atom. The number of aliphatic carboxylic acids is 1. The van der Waals surface area contributed by atoms with Crippen LogP contribution in [0.2, 0.25) is 5.02 Å². The fraction of sp³-hybridized carbons (Fsp3) is 0.412. The summed E-state index contributed by atoms with van der Waals surface area (Å²) in [6, 6.07) is 6.13. The van der Waals surface area contributed by atoms with E-state index in [1.54, 1.807) is 40.7 Å². The smallest absolute Gasteiger partial charge is 0.322 e. The van der Waals surface area contributed by atoms with E-state index in [1.807, 2.05) is 0 Å². The van der Waals surface area contributed by atoms with Gasteiger partial charge in [-0.15, -0.1) is 10.2 Å². The van der Waals surface area contributed by atoms with Gasteiger partial charge in [0, 0.05) is 5.02 Å². The number of hydrogen-bond acceptors (Lipinski definition) is 6. The number of benzene rings is 1. The Labute approximate surface area is 160 Å². The first-order valence-corrected chi connectivity index (χ1v) is 8.82. The van der Waals surface area contributed by atoms with E-state index in [2.05, 4.69) is 15.5 Å². The average Bonchev–Trinajstić information content (AvgIpc) is 2.99. The van der Waals surface area contributed by atoms with Crippen LogP contribution >= 0.6 is 11.6 Å². The fourth-order valence-corrected chi connectivity index (χ4v) is 3.02. The van der Waals surface area contributed by atoms with Crippen LogP contribution in [0.3, 0.4) is 0 Å². The summed E-state index contributed by atoms with van der Waals surface area (Å²) in [6.45, 7) is 2.82. The minimum atomic E-state index is -0.979.